The maximum atomic E-state index is 13.8. The van der Waals surface area contributed by atoms with Crippen LogP contribution in [-0.2, 0) is 0 Å². The van der Waals surface area contributed by atoms with Crippen LogP contribution < -0.4 is 10.3 Å². The number of ether oxygens (including phenoxy) is 1. The molecule has 0 aliphatic heterocycles. The molecule has 0 radical (unpaired) electrons. The van der Waals surface area contributed by atoms with Gasteiger partial charge in [-0.2, -0.15) is 4.98 Å². The first-order chi connectivity index (χ1) is 15.3. The van der Waals surface area contributed by atoms with Gasteiger partial charge in [-0.15, -0.1) is 11.3 Å². The molecule has 32 heavy (non-hydrogen) atoms. The maximum Gasteiger partial charge on any atom is 0.310 e. The van der Waals surface area contributed by atoms with Crippen molar-refractivity contribution in [3.63, 3.8) is 0 Å². The van der Waals surface area contributed by atoms with E-state index >= 15 is 0 Å². The van der Waals surface area contributed by atoms with E-state index in [9.17, 15) is 13.6 Å². The van der Waals surface area contributed by atoms with Gasteiger partial charge in [0, 0.05) is 28.5 Å². The first-order valence-electron chi connectivity index (χ1n) is 9.86. The van der Waals surface area contributed by atoms with Crippen LogP contribution in [0.5, 0.6) is 11.8 Å². The summed E-state index contributed by atoms with van der Waals surface area (Å²) < 4.78 is 34.7. The van der Waals surface area contributed by atoms with Gasteiger partial charge in [0.05, 0.1) is 22.3 Å². The zero-order valence-corrected chi connectivity index (χ0v) is 18.3. The van der Waals surface area contributed by atoms with Crippen molar-refractivity contribution >= 4 is 32.5 Å². The molecule has 0 aliphatic carbocycles. The molecule has 0 saturated carbocycles. The molecule has 5 aromatic rings. The number of thiophene rings is 1. The van der Waals surface area contributed by atoms with Crippen LogP contribution in [-0.4, -0.2) is 14.5 Å². The van der Waals surface area contributed by atoms with Crippen molar-refractivity contribution in [2.45, 2.75) is 20.8 Å². The number of pyridine rings is 1. The Morgan fingerprint density at radius 1 is 0.938 bits per heavy atom. The van der Waals surface area contributed by atoms with Gasteiger partial charge in [0.15, 0.2) is 0 Å². The number of rotatable bonds is 3. The predicted octanol–water partition coefficient (Wildman–Crippen LogP) is 5.99. The smallest absolute Gasteiger partial charge is 0.310 e. The summed E-state index contributed by atoms with van der Waals surface area (Å²) in [5.41, 5.74) is 2.13. The summed E-state index contributed by atoms with van der Waals surface area (Å²) in [6.07, 6.45) is 0. The van der Waals surface area contributed by atoms with Crippen molar-refractivity contribution in [3.05, 3.63) is 86.7 Å². The summed E-state index contributed by atoms with van der Waals surface area (Å²) in [5, 5.41) is 1.15. The second-order valence-electron chi connectivity index (χ2n) is 7.46. The molecule has 0 unspecified atom stereocenters. The zero-order valence-electron chi connectivity index (χ0n) is 17.4. The lowest BCUT2D eigenvalue weighted by molar-refractivity contribution is 0.419. The van der Waals surface area contributed by atoms with Gasteiger partial charge in [0.1, 0.15) is 22.2 Å². The normalized spacial score (nSPS) is 11.4. The van der Waals surface area contributed by atoms with Crippen molar-refractivity contribution in [3.8, 4) is 17.4 Å². The van der Waals surface area contributed by atoms with Crippen LogP contribution in [0.25, 0.3) is 26.8 Å². The highest BCUT2D eigenvalue weighted by atomic mass is 32.1. The van der Waals surface area contributed by atoms with Gasteiger partial charge in [0.2, 0.25) is 0 Å². The highest BCUT2D eigenvalue weighted by Crippen LogP contribution is 2.35. The number of para-hydroxylation sites is 1. The third-order valence-electron chi connectivity index (χ3n) is 5.35. The van der Waals surface area contributed by atoms with Gasteiger partial charge >= 0.3 is 6.01 Å². The summed E-state index contributed by atoms with van der Waals surface area (Å²) in [6, 6.07) is 11.6. The van der Waals surface area contributed by atoms with Crippen LogP contribution in [0, 0.1) is 32.4 Å². The van der Waals surface area contributed by atoms with E-state index in [2.05, 4.69) is 4.98 Å². The zero-order chi connectivity index (χ0) is 22.6. The van der Waals surface area contributed by atoms with Crippen LogP contribution in [0.15, 0.2) is 53.3 Å². The topological polar surface area (TPSA) is 57.0 Å². The standard InChI is InChI=1S/C24H17F2N3O2S/c1-12-14(3)32-22-19(12)21-20(13(2)27-22)23(30)29(17-7-5-4-6-8-17)24(28-21)31-18-10-15(25)9-16(26)11-18/h4-11H,1-3H3. The molecule has 0 atom stereocenters. The Labute approximate surface area is 185 Å². The minimum absolute atomic E-state index is 0.0890. The number of benzene rings is 2. The second-order valence-corrected chi connectivity index (χ2v) is 8.67. The average molecular weight is 449 g/mol. The Balaban J connectivity index is 1.89. The minimum Gasteiger partial charge on any atom is -0.425 e. The van der Waals surface area contributed by atoms with Crippen molar-refractivity contribution in [1.29, 1.82) is 0 Å². The Morgan fingerprint density at radius 2 is 1.62 bits per heavy atom. The van der Waals surface area contributed by atoms with Crippen LogP contribution in [0.4, 0.5) is 8.78 Å². The van der Waals surface area contributed by atoms with Crippen LogP contribution in [0.2, 0.25) is 0 Å². The van der Waals surface area contributed by atoms with Gasteiger partial charge in [-0.05, 0) is 38.5 Å². The number of hydrogen-bond donors (Lipinski definition) is 0. The van der Waals surface area contributed by atoms with E-state index < -0.39 is 11.6 Å². The third kappa shape index (κ3) is 3.23. The molecule has 0 aliphatic rings. The van der Waals surface area contributed by atoms with Gasteiger partial charge in [-0.1, -0.05) is 18.2 Å². The van der Waals surface area contributed by atoms with E-state index in [0.717, 1.165) is 38.9 Å². The molecule has 0 saturated heterocycles. The van der Waals surface area contributed by atoms with Crippen LogP contribution >= 0.6 is 11.3 Å². The number of fused-ring (bicyclic) bond motifs is 3. The van der Waals surface area contributed by atoms with Gasteiger partial charge in [0.25, 0.3) is 5.56 Å². The number of nitrogens with zero attached hydrogens (tertiary/aromatic N) is 3. The fourth-order valence-corrected chi connectivity index (χ4v) is 4.83. The van der Waals surface area contributed by atoms with Gasteiger partial charge in [-0.3, -0.25) is 4.79 Å². The highest BCUT2D eigenvalue weighted by molar-refractivity contribution is 7.18. The van der Waals surface area contributed by atoms with Crippen molar-refractivity contribution < 1.29 is 13.5 Å². The van der Waals surface area contributed by atoms with Gasteiger partial charge in [-0.25, -0.2) is 18.3 Å². The Kier molecular flexibility index (Phi) is 4.74. The summed E-state index contributed by atoms with van der Waals surface area (Å²) in [4.78, 5) is 24.9. The largest absolute Gasteiger partial charge is 0.425 e. The fourth-order valence-electron chi connectivity index (χ4n) is 3.75. The van der Waals surface area contributed by atoms with Gasteiger partial charge < -0.3 is 4.74 Å². The SMILES string of the molecule is Cc1sc2nc(C)c3c(=O)n(-c4ccccc4)c(Oc4cc(F)cc(F)c4)nc3c2c1C. The molecule has 0 amide bonds. The Morgan fingerprint density at radius 3 is 2.31 bits per heavy atom. The van der Waals surface area contributed by atoms with Crippen molar-refractivity contribution in [2.24, 2.45) is 0 Å². The van der Waals surface area contributed by atoms with E-state index in [0.29, 0.717) is 22.3 Å². The molecule has 0 bridgehead atoms. The molecule has 160 valence electrons. The van der Waals surface area contributed by atoms with Crippen LogP contribution in [0.3, 0.4) is 0 Å². The molecular formula is C24H17F2N3O2S. The van der Waals surface area contributed by atoms with Crippen LogP contribution in [0.1, 0.15) is 16.1 Å². The molecule has 0 N–H and O–H groups in total. The fraction of sp³-hybridized carbons (Fsp3) is 0.125. The first-order valence-corrected chi connectivity index (χ1v) is 10.7. The molecule has 3 heterocycles. The molecule has 5 rings (SSSR count). The van der Waals surface area contributed by atoms with E-state index in [4.69, 9.17) is 9.72 Å². The Hall–Kier alpha value is -3.65. The average Bonchev–Trinajstić information content (AvgIpc) is 3.01. The van der Waals surface area contributed by atoms with Crippen molar-refractivity contribution in [1.82, 2.24) is 14.5 Å². The lowest BCUT2D eigenvalue weighted by atomic mass is 10.1. The van der Waals surface area contributed by atoms with Crippen molar-refractivity contribution in [2.75, 3.05) is 0 Å². The predicted molar refractivity (Wildman–Crippen MR) is 121 cm³/mol. The molecule has 5 nitrogen and oxygen atoms in total. The number of hydrogen-bond acceptors (Lipinski definition) is 5. The summed E-state index contributed by atoms with van der Waals surface area (Å²) in [5.74, 6) is -1.68. The van der Waals surface area contributed by atoms with E-state index in [1.54, 1.807) is 31.2 Å². The second kappa shape index (κ2) is 7.49. The minimum atomic E-state index is -0.791. The maximum absolute atomic E-state index is 13.8. The summed E-state index contributed by atoms with van der Waals surface area (Å²) >= 11 is 1.53. The Bertz CT molecular complexity index is 1560. The summed E-state index contributed by atoms with van der Waals surface area (Å²) in [6.45, 7) is 5.71. The van der Waals surface area contributed by atoms with E-state index in [-0.39, 0.29) is 17.3 Å². The number of aryl methyl sites for hydroxylation is 3. The monoisotopic (exact) mass is 449 g/mol. The molecule has 2 aromatic carbocycles. The lowest BCUT2D eigenvalue weighted by Crippen LogP contribution is -2.22. The number of aromatic nitrogens is 3. The molecular weight excluding hydrogens is 432 g/mol. The number of halogens is 2. The molecule has 8 heteroatoms. The lowest BCUT2D eigenvalue weighted by Gasteiger charge is -2.15. The van der Waals surface area contributed by atoms with E-state index in [1.165, 1.54) is 15.9 Å². The highest BCUT2D eigenvalue weighted by Gasteiger charge is 2.21. The third-order valence-corrected chi connectivity index (χ3v) is 6.45. The molecule has 0 spiro atoms. The first kappa shape index (κ1) is 20.3. The summed E-state index contributed by atoms with van der Waals surface area (Å²) in [7, 11) is 0. The molecule has 0 fully saturated rings. The van der Waals surface area contributed by atoms with E-state index in [1.807, 2.05) is 19.9 Å². The quantitative estimate of drug-likeness (QED) is 0.339. The molecule has 3 aromatic heterocycles.